The molecule has 1 atom stereocenters. The van der Waals surface area contributed by atoms with Crippen LogP contribution in [0.1, 0.15) is 89.9 Å². The molecule has 0 saturated carbocycles. The average Bonchev–Trinajstić information content (AvgIpc) is 2.98. The summed E-state index contributed by atoms with van der Waals surface area (Å²) in [6.07, 6.45) is 10.2. The third kappa shape index (κ3) is 29.3. The lowest BCUT2D eigenvalue weighted by Gasteiger charge is -2.14. The number of carboxylic acid groups (broad SMARTS) is 2. The number of hydrogen-bond acceptors (Lipinski definition) is 9. The van der Waals surface area contributed by atoms with Crippen molar-refractivity contribution < 1.29 is 53.1 Å². The first kappa shape index (κ1) is 41.2. The fourth-order valence-electron chi connectivity index (χ4n) is 4.07. The summed E-state index contributed by atoms with van der Waals surface area (Å²) in [5.41, 5.74) is 0. The van der Waals surface area contributed by atoms with Gasteiger partial charge in [0.15, 0.2) is 0 Å². The van der Waals surface area contributed by atoms with Gasteiger partial charge in [0.05, 0.1) is 39.6 Å². The minimum absolute atomic E-state index is 0.0146. The van der Waals surface area contributed by atoms with E-state index >= 15 is 0 Å². The molecule has 0 aliphatic rings. The molecule has 0 spiro atoms. The molecule has 0 bridgehead atoms. The summed E-state index contributed by atoms with van der Waals surface area (Å²) in [6.45, 7) is 2.56. The van der Waals surface area contributed by atoms with E-state index in [1.54, 1.807) is 7.11 Å². The molecule has 0 heterocycles. The second-order valence-electron chi connectivity index (χ2n) is 10.4. The van der Waals surface area contributed by atoms with E-state index in [0.717, 1.165) is 57.8 Å². The van der Waals surface area contributed by atoms with Crippen molar-refractivity contribution in [1.82, 2.24) is 16.0 Å². The lowest BCUT2D eigenvalue weighted by atomic mass is 10.0. The van der Waals surface area contributed by atoms with Crippen LogP contribution in [0.2, 0.25) is 0 Å². The smallest absolute Gasteiger partial charge is 0.326 e. The number of hydrogen-bond donors (Lipinski definition) is 5. The van der Waals surface area contributed by atoms with Gasteiger partial charge in [-0.3, -0.25) is 19.2 Å². The number of nitrogens with one attached hydrogen (secondary N) is 3. The van der Waals surface area contributed by atoms with Crippen LogP contribution in [0.25, 0.3) is 0 Å². The summed E-state index contributed by atoms with van der Waals surface area (Å²) in [6, 6.07) is -1.13. The average molecular weight is 634 g/mol. The van der Waals surface area contributed by atoms with E-state index < -0.39 is 18.0 Å². The summed E-state index contributed by atoms with van der Waals surface area (Å²) < 4.78 is 20.6. The Balaban J connectivity index is 3.72. The second-order valence-corrected chi connectivity index (χ2v) is 10.4. The Hall–Kier alpha value is -2.81. The lowest BCUT2D eigenvalue weighted by molar-refractivity contribution is -0.142. The number of ether oxygens (including phenoxy) is 4. The quantitative estimate of drug-likeness (QED) is 0.0679. The van der Waals surface area contributed by atoms with Crippen molar-refractivity contribution in [2.24, 2.45) is 0 Å². The van der Waals surface area contributed by atoms with Gasteiger partial charge in [0.1, 0.15) is 12.6 Å². The largest absolute Gasteiger partial charge is 0.481 e. The van der Waals surface area contributed by atoms with Crippen molar-refractivity contribution in [2.75, 3.05) is 66.4 Å². The molecule has 1 unspecified atom stereocenters. The molecular weight excluding hydrogens is 578 g/mol. The third-order valence-corrected chi connectivity index (χ3v) is 6.51. The van der Waals surface area contributed by atoms with Crippen LogP contribution < -0.4 is 16.0 Å². The van der Waals surface area contributed by atoms with Gasteiger partial charge in [0.2, 0.25) is 17.7 Å². The Morgan fingerprint density at radius 3 is 1.61 bits per heavy atom. The van der Waals surface area contributed by atoms with Crippen LogP contribution in [0.4, 0.5) is 0 Å². The van der Waals surface area contributed by atoms with Crippen LogP contribution in [0.3, 0.4) is 0 Å². The molecule has 0 aliphatic heterocycles. The molecule has 0 saturated heterocycles. The van der Waals surface area contributed by atoms with E-state index in [1.807, 2.05) is 0 Å². The summed E-state index contributed by atoms with van der Waals surface area (Å²) in [7, 11) is 1.58. The molecule has 256 valence electrons. The lowest BCUT2D eigenvalue weighted by Crippen LogP contribution is -2.41. The first-order valence-corrected chi connectivity index (χ1v) is 15.8. The minimum atomic E-state index is -1.18. The van der Waals surface area contributed by atoms with Crippen LogP contribution in [-0.4, -0.2) is 112 Å². The summed E-state index contributed by atoms with van der Waals surface area (Å²) in [5.74, 6) is -2.85. The van der Waals surface area contributed by atoms with Crippen molar-refractivity contribution in [3.8, 4) is 0 Å². The van der Waals surface area contributed by atoms with Gasteiger partial charge in [-0.1, -0.05) is 51.4 Å². The summed E-state index contributed by atoms with van der Waals surface area (Å²) in [5, 5.41) is 25.8. The van der Waals surface area contributed by atoms with Gasteiger partial charge >= 0.3 is 11.9 Å². The first-order valence-electron chi connectivity index (χ1n) is 15.8. The highest BCUT2D eigenvalue weighted by Gasteiger charge is 2.20. The fourth-order valence-corrected chi connectivity index (χ4v) is 4.07. The Kier molecular flexibility index (Phi) is 28.3. The predicted octanol–water partition coefficient (Wildman–Crippen LogP) is 2.03. The monoisotopic (exact) mass is 633 g/mol. The van der Waals surface area contributed by atoms with Crippen LogP contribution in [0, 0.1) is 0 Å². The Labute approximate surface area is 261 Å². The Bertz CT molecular complexity index is 783. The van der Waals surface area contributed by atoms with Gasteiger partial charge in [-0.05, 0) is 19.3 Å². The topological polar surface area (TPSA) is 199 Å². The van der Waals surface area contributed by atoms with Crippen molar-refractivity contribution in [3.63, 3.8) is 0 Å². The molecule has 0 fully saturated rings. The number of methoxy groups -OCH3 is 1. The molecule has 5 N–H and O–H groups in total. The normalized spacial score (nSPS) is 11.6. The maximum Gasteiger partial charge on any atom is 0.326 e. The van der Waals surface area contributed by atoms with Gasteiger partial charge < -0.3 is 45.1 Å². The number of amides is 3. The van der Waals surface area contributed by atoms with Crippen LogP contribution in [0.5, 0.6) is 0 Å². The van der Waals surface area contributed by atoms with Gasteiger partial charge in [-0.2, -0.15) is 0 Å². The molecule has 14 nitrogen and oxygen atoms in total. The van der Waals surface area contributed by atoms with Gasteiger partial charge in [-0.25, -0.2) is 4.79 Å². The standard InChI is InChI=1S/C30H55N3O11/c1-41-20-21-42-19-17-32-28(36)24-44-23-22-43-18-16-31-26(34)15-14-25(30(39)40)33-27(35)12-10-8-6-4-2-3-5-7-9-11-13-29(37)38/h25H,2-24H2,1H3,(H,31,34)(H,32,36)(H,33,35)(H,37,38)(H,39,40). The van der Waals surface area contributed by atoms with Crippen molar-refractivity contribution in [1.29, 1.82) is 0 Å². The van der Waals surface area contributed by atoms with Crippen molar-refractivity contribution in [2.45, 2.75) is 95.9 Å². The SMILES string of the molecule is COCCOCCNC(=O)COCCOCCNC(=O)CCC(NC(=O)CCCCCCCCCCCCC(=O)O)C(=O)O. The molecular formula is C30H55N3O11. The fraction of sp³-hybridized carbons (Fsp3) is 0.833. The summed E-state index contributed by atoms with van der Waals surface area (Å²) >= 11 is 0. The van der Waals surface area contributed by atoms with E-state index in [2.05, 4.69) is 16.0 Å². The highest BCUT2D eigenvalue weighted by atomic mass is 16.5. The maximum atomic E-state index is 12.2. The maximum absolute atomic E-state index is 12.2. The highest BCUT2D eigenvalue weighted by molar-refractivity contribution is 5.84. The molecule has 44 heavy (non-hydrogen) atoms. The van der Waals surface area contributed by atoms with Crippen molar-refractivity contribution >= 4 is 29.7 Å². The molecule has 0 aromatic carbocycles. The molecule has 0 rings (SSSR count). The van der Waals surface area contributed by atoms with E-state index in [4.69, 9.17) is 24.1 Å². The van der Waals surface area contributed by atoms with Crippen LogP contribution >= 0.6 is 0 Å². The van der Waals surface area contributed by atoms with Crippen LogP contribution in [0.15, 0.2) is 0 Å². The number of carbonyl (C=O) groups excluding carboxylic acids is 3. The highest BCUT2D eigenvalue weighted by Crippen LogP contribution is 2.12. The minimum Gasteiger partial charge on any atom is -0.481 e. The molecule has 14 heteroatoms. The number of rotatable bonds is 32. The van der Waals surface area contributed by atoms with E-state index in [9.17, 15) is 29.1 Å². The molecule has 0 aromatic rings. The van der Waals surface area contributed by atoms with Crippen molar-refractivity contribution in [3.05, 3.63) is 0 Å². The van der Waals surface area contributed by atoms with E-state index in [1.165, 1.54) is 0 Å². The Morgan fingerprint density at radius 1 is 0.568 bits per heavy atom. The zero-order chi connectivity index (χ0) is 32.7. The molecule has 0 aromatic heterocycles. The number of carboxylic acids is 2. The second kappa shape index (κ2) is 30.2. The van der Waals surface area contributed by atoms with Gasteiger partial charge in [-0.15, -0.1) is 0 Å². The van der Waals surface area contributed by atoms with E-state index in [0.29, 0.717) is 32.8 Å². The number of carbonyl (C=O) groups is 5. The van der Waals surface area contributed by atoms with E-state index in [-0.39, 0.29) is 76.4 Å². The molecule has 0 aliphatic carbocycles. The third-order valence-electron chi connectivity index (χ3n) is 6.51. The number of aliphatic carboxylic acids is 2. The first-order chi connectivity index (χ1) is 21.3. The van der Waals surface area contributed by atoms with Crippen LogP contribution in [-0.2, 0) is 42.9 Å². The zero-order valence-electron chi connectivity index (χ0n) is 26.4. The molecule has 3 amide bonds. The summed E-state index contributed by atoms with van der Waals surface area (Å²) in [4.78, 5) is 57.9. The van der Waals surface area contributed by atoms with Gasteiger partial charge in [0, 0.05) is 39.5 Å². The number of unbranched alkanes of at least 4 members (excludes halogenated alkanes) is 9. The zero-order valence-corrected chi connectivity index (χ0v) is 26.4. The molecule has 0 radical (unpaired) electrons. The van der Waals surface area contributed by atoms with Gasteiger partial charge in [0.25, 0.3) is 0 Å². The predicted molar refractivity (Wildman–Crippen MR) is 162 cm³/mol. The Morgan fingerprint density at radius 2 is 1.07 bits per heavy atom.